The molecule has 0 atom stereocenters. The summed E-state index contributed by atoms with van der Waals surface area (Å²) in [5, 5.41) is -0.720. The Labute approximate surface area is 148 Å². The van der Waals surface area contributed by atoms with Crippen molar-refractivity contribution in [3.63, 3.8) is 0 Å². The van der Waals surface area contributed by atoms with Gasteiger partial charge in [-0.3, -0.25) is 0 Å². The Kier molecular flexibility index (Phi) is 3.53. The lowest BCUT2D eigenvalue weighted by Gasteiger charge is -2.04. The fraction of sp³-hybridized carbons (Fsp3) is 0. The van der Waals surface area contributed by atoms with E-state index >= 15 is 0 Å². The van der Waals surface area contributed by atoms with E-state index in [1.807, 2.05) is 0 Å². The van der Waals surface area contributed by atoms with Crippen molar-refractivity contribution in [3.05, 3.63) is 64.6 Å². The Bertz CT molecular complexity index is 1380. The molecule has 5 aromatic rings. The van der Waals surface area contributed by atoms with Crippen molar-refractivity contribution >= 4 is 56.3 Å². The first-order valence-corrected chi connectivity index (χ1v) is 7.30. The lowest BCUT2D eigenvalue weighted by molar-refractivity contribution is 0.268. The highest BCUT2D eigenvalue weighted by Crippen LogP contribution is 2.38. The van der Waals surface area contributed by atoms with Crippen LogP contribution in [0.5, 0.6) is 0 Å². The predicted molar refractivity (Wildman–Crippen MR) is 85.3 cm³/mol. The van der Waals surface area contributed by atoms with Gasteiger partial charge in [0.2, 0.25) is 0 Å². The number of halogens is 2. The van der Waals surface area contributed by atoms with Gasteiger partial charge in [-0.1, -0.05) is 23.2 Å². The number of fused-ring (bicyclic) bond motifs is 8. The van der Waals surface area contributed by atoms with Crippen molar-refractivity contribution in [2.45, 2.75) is 0 Å². The summed E-state index contributed by atoms with van der Waals surface area (Å²) in [5.74, 6) is -5.80. The second-order valence-corrected chi connectivity index (χ2v) is 5.55. The Hall–Kier alpha value is -3.24. The van der Waals surface area contributed by atoms with Crippen LogP contribution in [0.15, 0.2) is 57.8 Å². The molecule has 5 rings (SSSR count). The highest BCUT2D eigenvalue weighted by molar-refractivity contribution is 6.41. The molecule has 0 spiro atoms. The summed E-state index contributed by atoms with van der Waals surface area (Å²) in [4.78, 5) is 46.6. The minimum absolute atomic E-state index is 0.109. The first-order chi connectivity index (χ1) is 12.3. The van der Waals surface area contributed by atoms with E-state index in [0.29, 0.717) is 0 Å². The molecule has 0 saturated carbocycles. The minimum atomic E-state index is -1.47. The molecule has 10 nitrogen and oxygen atoms in total. The molecule has 0 amide bonds. The summed E-state index contributed by atoms with van der Waals surface area (Å²) in [5.41, 5.74) is -1.32. The van der Waals surface area contributed by atoms with Gasteiger partial charge in [-0.05, 0) is 0 Å². The Balaban J connectivity index is 2.64. The van der Waals surface area contributed by atoms with Crippen molar-refractivity contribution in [2.75, 3.05) is 0 Å². The van der Waals surface area contributed by atoms with Crippen LogP contribution in [0.2, 0.25) is 10.0 Å². The maximum atomic E-state index is 11.7. The van der Waals surface area contributed by atoms with Crippen molar-refractivity contribution in [2.24, 2.45) is 0 Å². The lowest BCUT2D eigenvalue weighted by Crippen LogP contribution is -2.03. The molecule has 3 aromatic heterocycles. The smallest absolute Gasteiger partial charge is 0.394 e. The monoisotopic (exact) mass is 400 g/mol. The molecular formula is C14H2Cl2O10. The molecule has 0 N–H and O–H groups in total. The van der Waals surface area contributed by atoms with Gasteiger partial charge in [0.25, 0.3) is 0 Å². The van der Waals surface area contributed by atoms with Crippen molar-refractivity contribution in [1.82, 2.24) is 0 Å². The summed E-state index contributed by atoms with van der Waals surface area (Å²) < 4.78 is 28.1. The summed E-state index contributed by atoms with van der Waals surface area (Å²) in [6.07, 6.45) is 0. The van der Waals surface area contributed by atoms with Gasteiger partial charge in [0, 0.05) is 12.1 Å². The van der Waals surface area contributed by atoms with Crippen LogP contribution < -0.4 is 23.3 Å². The zero-order chi connectivity index (χ0) is 18.6. The van der Waals surface area contributed by atoms with Crippen LogP contribution in [-0.2, 0) is 0 Å². The number of benzene rings is 2. The van der Waals surface area contributed by atoms with E-state index in [1.54, 1.807) is 0 Å². The van der Waals surface area contributed by atoms with Gasteiger partial charge in [-0.15, -0.1) is 0 Å². The molecule has 3 heterocycles. The normalized spacial score (nSPS) is 11.3. The summed E-state index contributed by atoms with van der Waals surface area (Å²) in [6, 6.07) is 2.21. The molecule has 26 heavy (non-hydrogen) atoms. The Morgan fingerprint density at radius 1 is 0.538 bits per heavy atom. The average Bonchev–Trinajstić information content (AvgIpc) is 2.66. The Morgan fingerprint density at radius 3 is 1.35 bits per heavy atom. The predicted octanol–water partition coefficient (Wildman–Crippen LogP) is 2.58. The zero-order valence-electron chi connectivity index (χ0n) is 12.0. The molecule has 0 unspecified atom stereocenters. The first kappa shape index (κ1) is 16.2. The molecule has 12 heteroatoms. The quantitative estimate of drug-likeness (QED) is 0.431. The number of hydrogen-bond acceptors (Lipinski definition) is 10. The van der Waals surface area contributed by atoms with Crippen LogP contribution in [0.1, 0.15) is 0 Å². The van der Waals surface area contributed by atoms with E-state index < -0.39 is 23.3 Å². The van der Waals surface area contributed by atoms with Gasteiger partial charge >= 0.3 is 23.3 Å². The topological polar surface area (TPSA) is 147 Å². The molecule has 0 fully saturated rings. The number of rotatable bonds is 0. The number of hydrogen-bond donors (Lipinski definition) is 0. The summed E-state index contributed by atoms with van der Waals surface area (Å²) >= 11 is 12.1. The van der Waals surface area contributed by atoms with E-state index in [0.717, 1.165) is 12.1 Å². The van der Waals surface area contributed by atoms with Gasteiger partial charge in [0.15, 0.2) is 11.2 Å². The van der Waals surface area contributed by atoms with Crippen LogP contribution in [0.25, 0.3) is 33.1 Å². The highest BCUT2D eigenvalue weighted by Gasteiger charge is 2.20. The fourth-order valence-electron chi connectivity index (χ4n) is 2.37. The Morgan fingerprint density at radius 2 is 0.923 bits per heavy atom. The molecule has 2 aromatic carbocycles. The molecule has 0 aliphatic heterocycles. The van der Waals surface area contributed by atoms with Crippen LogP contribution in [-0.4, -0.2) is 0 Å². The van der Waals surface area contributed by atoms with E-state index in [2.05, 4.69) is 8.83 Å². The van der Waals surface area contributed by atoms with E-state index in [4.69, 9.17) is 40.9 Å². The average molecular weight is 401 g/mol. The van der Waals surface area contributed by atoms with E-state index in [-0.39, 0.29) is 43.1 Å². The molecule has 4 bridgehead atoms. The van der Waals surface area contributed by atoms with E-state index in [1.165, 1.54) is 0 Å². The summed E-state index contributed by atoms with van der Waals surface area (Å²) in [6.45, 7) is 0. The molecule has 132 valence electrons. The SMILES string of the molecule is O=c1oc(=O)oc2c(Cl)cc(o1)c1c3cc(Cl)c(oc(=O)oc(=O)o3)c21. The highest BCUT2D eigenvalue weighted by atomic mass is 35.5. The largest absolute Gasteiger partial charge is 0.524 e. The third-order valence-corrected chi connectivity index (χ3v) is 3.80. The molecule has 0 aliphatic rings. The van der Waals surface area contributed by atoms with Crippen LogP contribution in [0.3, 0.4) is 0 Å². The van der Waals surface area contributed by atoms with Crippen molar-refractivity contribution in [1.29, 1.82) is 0 Å². The second kappa shape index (κ2) is 5.64. The minimum Gasteiger partial charge on any atom is -0.394 e. The first-order valence-electron chi connectivity index (χ1n) is 6.55. The van der Waals surface area contributed by atoms with E-state index in [9.17, 15) is 19.2 Å². The molecule has 0 saturated heterocycles. The maximum absolute atomic E-state index is 11.7. The van der Waals surface area contributed by atoms with Crippen molar-refractivity contribution in [3.8, 4) is 0 Å². The maximum Gasteiger partial charge on any atom is 0.524 e. The van der Waals surface area contributed by atoms with Crippen molar-refractivity contribution < 1.29 is 26.5 Å². The van der Waals surface area contributed by atoms with Gasteiger partial charge in [-0.25, -0.2) is 19.2 Å². The van der Waals surface area contributed by atoms with Gasteiger partial charge in [-0.2, -0.15) is 0 Å². The van der Waals surface area contributed by atoms with Gasteiger partial charge < -0.3 is 26.5 Å². The summed E-state index contributed by atoms with van der Waals surface area (Å²) in [7, 11) is 0. The van der Waals surface area contributed by atoms with Gasteiger partial charge in [0.1, 0.15) is 11.2 Å². The third-order valence-electron chi connectivity index (χ3n) is 3.24. The van der Waals surface area contributed by atoms with Crippen LogP contribution >= 0.6 is 23.2 Å². The molecular weight excluding hydrogens is 399 g/mol. The molecule has 0 radical (unpaired) electrons. The molecule has 0 aliphatic carbocycles. The zero-order valence-corrected chi connectivity index (χ0v) is 13.5. The second-order valence-electron chi connectivity index (χ2n) is 4.73. The van der Waals surface area contributed by atoms with Crippen LogP contribution in [0, 0.1) is 0 Å². The van der Waals surface area contributed by atoms with Crippen LogP contribution in [0.4, 0.5) is 0 Å². The lowest BCUT2D eigenvalue weighted by atomic mass is 10.1. The fourth-order valence-corrected chi connectivity index (χ4v) is 2.83. The third kappa shape index (κ3) is 2.52. The van der Waals surface area contributed by atoms with Gasteiger partial charge in [0.05, 0.1) is 20.8 Å². The standard InChI is InChI=1S/C14H2Cl2O10/c15-3-1-5-7-6-2-4(16)10(24-14(20)26-12(18)22-6)8(7)9(3)23-13(19)25-11(17)21-5/h1-2H.